The first-order chi connectivity index (χ1) is 9.13. The summed E-state index contributed by atoms with van der Waals surface area (Å²) in [4.78, 5) is 16.7. The van der Waals surface area contributed by atoms with Crippen molar-refractivity contribution >= 4 is 5.91 Å². The molecule has 0 saturated carbocycles. The maximum atomic E-state index is 12.5. The Morgan fingerprint density at radius 3 is 2.47 bits per heavy atom. The monoisotopic (exact) mass is 262 g/mol. The molecule has 1 aromatic rings. The molecule has 1 aromatic carbocycles. The second-order valence-electron chi connectivity index (χ2n) is 5.19. The zero-order chi connectivity index (χ0) is 13.8. The average Bonchev–Trinajstić information content (AvgIpc) is 2.46. The van der Waals surface area contributed by atoms with Crippen molar-refractivity contribution in [2.24, 2.45) is 0 Å². The van der Waals surface area contributed by atoms with Gasteiger partial charge >= 0.3 is 0 Å². The number of likely N-dealkylation sites (tertiary alicyclic amines) is 1. The minimum Gasteiger partial charge on any atom is -0.496 e. The molecule has 0 unspecified atom stereocenters. The molecule has 19 heavy (non-hydrogen) atoms. The third-order valence-corrected chi connectivity index (χ3v) is 3.82. The lowest BCUT2D eigenvalue weighted by Gasteiger charge is -2.35. The molecular formula is C15H22N2O2. The van der Waals surface area contributed by atoms with Gasteiger partial charge in [0.1, 0.15) is 5.75 Å². The lowest BCUT2D eigenvalue weighted by Crippen LogP contribution is -2.44. The first-order valence-corrected chi connectivity index (χ1v) is 6.72. The van der Waals surface area contributed by atoms with Gasteiger partial charge in [0.2, 0.25) is 0 Å². The largest absolute Gasteiger partial charge is 0.496 e. The molecule has 4 heteroatoms. The third-order valence-electron chi connectivity index (χ3n) is 3.82. The molecule has 0 aromatic heterocycles. The number of benzene rings is 1. The van der Waals surface area contributed by atoms with Crippen LogP contribution in [-0.2, 0) is 0 Å². The molecule has 1 aliphatic rings. The lowest BCUT2D eigenvalue weighted by molar-refractivity contribution is 0.0660. The Labute approximate surface area is 115 Å². The number of amides is 1. The van der Waals surface area contributed by atoms with Crippen LogP contribution in [0.5, 0.6) is 5.75 Å². The minimum atomic E-state index is 0.0784. The number of rotatable bonds is 3. The predicted molar refractivity (Wildman–Crippen MR) is 75.6 cm³/mol. The summed E-state index contributed by atoms with van der Waals surface area (Å²) in [6.45, 7) is 1.64. The quantitative estimate of drug-likeness (QED) is 0.833. The van der Waals surface area contributed by atoms with Gasteiger partial charge in [-0.25, -0.2) is 0 Å². The van der Waals surface area contributed by atoms with Gasteiger partial charge in [-0.3, -0.25) is 4.79 Å². The Bertz CT molecular complexity index is 438. The van der Waals surface area contributed by atoms with Crippen molar-refractivity contribution in [3.05, 3.63) is 29.8 Å². The van der Waals surface area contributed by atoms with Crippen LogP contribution in [0.1, 0.15) is 23.2 Å². The highest BCUT2D eigenvalue weighted by molar-refractivity contribution is 5.97. The van der Waals surface area contributed by atoms with E-state index in [4.69, 9.17) is 4.74 Å². The van der Waals surface area contributed by atoms with Gasteiger partial charge in [0.25, 0.3) is 5.91 Å². The van der Waals surface area contributed by atoms with Crippen molar-refractivity contribution in [1.29, 1.82) is 0 Å². The number of hydrogen-bond acceptors (Lipinski definition) is 3. The molecule has 0 aliphatic carbocycles. The fourth-order valence-corrected chi connectivity index (χ4v) is 2.58. The molecule has 1 fully saturated rings. The number of methoxy groups -OCH3 is 1. The smallest absolute Gasteiger partial charge is 0.257 e. The Kier molecular flexibility index (Phi) is 4.43. The molecule has 4 nitrogen and oxygen atoms in total. The molecule has 0 bridgehead atoms. The summed E-state index contributed by atoms with van der Waals surface area (Å²) >= 11 is 0. The van der Waals surface area contributed by atoms with Gasteiger partial charge in [-0.1, -0.05) is 12.1 Å². The maximum Gasteiger partial charge on any atom is 0.257 e. The normalized spacial score (nSPS) is 16.7. The number of carbonyl (C=O) groups excluding carboxylic acids is 1. The molecule has 2 rings (SSSR count). The second kappa shape index (κ2) is 6.06. The van der Waals surface area contributed by atoms with Crippen LogP contribution in [0.25, 0.3) is 0 Å². The van der Waals surface area contributed by atoms with E-state index in [1.807, 2.05) is 29.2 Å². The molecule has 0 spiro atoms. The average molecular weight is 262 g/mol. The van der Waals surface area contributed by atoms with Crippen LogP contribution in [0, 0.1) is 0 Å². The van der Waals surface area contributed by atoms with E-state index in [1.54, 1.807) is 7.11 Å². The van der Waals surface area contributed by atoms with Crippen molar-refractivity contribution in [2.75, 3.05) is 34.3 Å². The first kappa shape index (κ1) is 13.9. The van der Waals surface area contributed by atoms with Crippen molar-refractivity contribution in [1.82, 2.24) is 9.80 Å². The number of para-hydroxylation sites is 1. The van der Waals surface area contributed by atoms with E-state index in [-0.39, 0.29) is 5.91 Å². The number of ether oxygens (including phenoxy) is 1. The molecule has 0 N–H and O–H groups in total. The molecule has 1 heterocycles. The summed E-state index contributed by atoms with van der Waals surface area (Å²) in [7, 11) is 5.80. The Hall–Kier alpha value is -1.55. The zero-order valence-corrected chi connectivity index (χ0v) is 11.9. The summed E-state index contributed by atoms with van der Waals surface area (Å²) in [6, 6.07) is 8.01. The maximum absolute atomic E-state index is 12.5. The van der Waals surface area contributed by atoms with Crippen molar-refractivity contribution in [3.8, 4) is 5.75 Å². The SMILES string of the molecule is COc1ccccc1C(=O)N1CCC(N(C)C)CC1. The molecule has 0 atom stereocenters. The van der Waals surface area contributed by atoms with E-state index < -0.39 is 0 Å². The van der Waals surface area contributed by atoms with Gasteiger partial charge in [0.05, 0.1) is 12.7 Å². The highest BCUT2D eigenvalue weighted by atomic mass is 16.5. The highest BCUT2D eigenvalue weighted by Gasteiger charge is 2.25. The summed E-state index contributed by atoms with van der Waals surface area (Å²) in [5.74, 6) is 0.733. The van der Waals surface area contributed by atoms with Crippen LogP contribution in [0.3, 0.4) is 0 Å². The fraction of sp³-hybridized carbons (Fsp3) is 0.533. The van der Waals surface area contributed by atoms with Crippen LogP contribution >= 0.6 is 0 Å². The number of nitrogens with zero attached hydrogens (tertiary/aromatic N) is 2. The van der Waals surface area contributed by atoms with Crippen molar-refractivity contribution < 1.29 is 9.53 Å². The van der Waals surface area contributed by atoms with Crippen molar-refractivity contribution in [2.45, 2.75) is 18.9 Å². The standard InChI is InChI=1S/C15H22N2O2/c1-16(2)12-8-10-17(11-9-12)15(18)13-6-4-5-7-14(13)19-3/h4-7,12H,8-11H2,1-3H3. The van der Waals surface area contributed by atoms with Crippen LogP contribution in [0.4, 0.5) is 0 Å². The van der Waals surface area contributed by atoms with Crippen LogP contribution in [0.15, 0.2) is 24.3 Å². The predicted octanol–water partition coefficient (Wildman–Crippen LogP) is 1.86. The van der Waals surface area contributed by atoms with Crippen LogP contribution in [0.2, 0.25) is 0 Å². The molecule has 1 amide bonds. The zero-order valence-electron chi connectivity index (χ0n) is 11.9. The van der Waals surface area contributed by atoms with Gasteiger partial charge in [0, 0.05) is 19.1 Å². The van der Waals surface area contributed by atoms with Gasteiger partial charge in [-0.2, -0.15) is 0 Å². The second-order valence-corrected chi connectivity index (χ2v) is 5.19. The summed E-state index contributed by atoms with van der Waals surface area (Å²) in [5, 5.41) is 0. The van der Waals surface area contributed by atoms with Gasteiger partial charge in [-0.15, -0.1) is 0 Å². The van der Waals surface area contributed by atoms with Crippen molar-refractivity contribution in [3.63, 3.8) is 0 Å². The minimum absolute atomic E-state index is 0.0784. The Morgan fingerprint density at radius 2 is 1.89 bits per heavy atom. The van der Waals surface area contributed by atoms with E-state index >= 15 is 0 Å². The number of piperidine rings is 1. The highest BCUT2D eigenvalue weighted by Crippen LogP contribution is 2.22. The summed E-state index contributed by atoms with van der Waals surface area (Å²) in [5.41, 5.74) is 0.660. The molecular weight excluding hydrogens is 240 g/mol. The van der Waals surface area contributed by atoms with Crippen LogP contribution < -0.4 is 4.74 Å². The molecule has 104 valence electrons. The van der Waals surface area contributed by atoms with Gasteiger partial charge < -0.3 is 14.5 Å². The summed E-state index contributed by atoms with van der Waals surface area (Å²) in [6.07, 6.45) is 2.07. The van der Waals surface area contributed by atoms with Gasteiger partial charge in [-0.05, 0) is 39.1 Å². The Morgan fingerprint density at radius 1 is 1.26 bits per heavy atom. The molecule has 1 saturated heterocycles. The number of carbonyl (C=O) groups is 1. The topological polar surface area (TPSA) is 32.8 Å². The molecule has 1 aliphatic heterocycles. The van der Waals surface area contributed by atoms with E-state index in [0.29, 0.717) is 17.4 Å². The summed E-state index contributed by atoms with van der Waals surface area (Å²) < 4.78 is 5.26. The van der Waals surface area contributed by atoms with E-state index in [9.17, 15) is 4.79 Å². The fourth-order valence-electron chi connectivity index (χ4n) is 2.58. The van der Waals surface area contributed by atoms with Gasteiger partial charge in [0.15, 0.2) is 0 Å². The van der Waals surface area contributed by atoms with E-state index in [0.717, 1.165) is 25.9 Å². The van der Waals surface area contributed by atoms with Crippen LogP contribution in [-0.4, -0.2) is 56.0 Å². The Balaban J connectivity index is 2.05. The van der Waals surface area contributed by atoms with E-state index in [1.165, 1.54) is 0 Å². The first-order valence-electron chi connectivity index (χ1n) is 6.72. The lowest BCUT2D eigenvalue weighted by atomic mass is 10.0. The van der Waals surface area contributed by atoms with E-state index in [2.05, 4.69) is 19.0 Å². The number of hydrogen-bond donors (Lipinski definition) is 0. The molecule has 0 radical (unpaired) electrons. The third kappa shape index (κ3) is 3.07.